The number of aromatic nitrogens is 1. The summed E-state index contributed by atoms with van der Waals surface area (Å²) in [5.74, 6) is -0.351. The zero-order valence-corrected chi connectivity index (χ0v) is 9.89. The number of hydrogen-bond acceptors (Lipinski definition) is 3. The summed E-state index contributed by atoms with van der Waals surface area (Å²) in [4.78, 5) is 3.93. The molecule has 4 heteroatoms. The molecule has 0 saturated heterocycles. The third-order valence-corrected chi connectivity index (χ3v) is 2.69. The van der Waals surface area contributed by atoms with Crippen LogP contribution in [0.1, 0.15) is 24.1 Å². The number of benzene rings is 1. The lowest BCUT2D eigenvalue weighted by atomic mass is 10.0. The first-order chi connectivity index (χ1) is 8.61. The molecule has 0 fully saturated rings. The van der Waals surface area contributed by atoms with Gasteiger partial charge in [0.2, 0.25) is 0 Å². The smallest absolute Gasteiger partial charge is 0.131 e. The summed E-state index contributed by atoms with van der Waals surface area (Å²) < 4.78 is 13.8. The van der Waals surface area contributed by atoms with E-state index in [4.69, 9.17) is 11.0 Å². The van der Waals surface area contributed by atoms with Gasteiger partial charge < -0.3 is 5.73 Å². The van der Waals surface area contributed by atoms with Crippen molar-refractivity contribution in [1.29, 1.82) is 5.26 Å². The zero-order valence-electron chi connectivity index (χ0n) is 9.89. The largest absolute Gasteiger partial charge is 0.324 e. The van der Waals surface area contributed by atoms with E-state index in [1.165, 1.54) is 18.5 Å². The first-order valence-corrected chi connectivity index (χ1v) is 5.52. The monoisotopic (exact) mass is 241 g/mol. The molecule has 1 heterocycles. The standard InChI is InChI=1S/C14H12FN3/c1-9(17)11-2-3-14(15)13(5-11)12-4-10(6-16)7-18-8-12/h2-5,7-9H,17H2,1H3. The van der Waals surface area contributed by atoms with Crippen molar-refractivity contribution in [3.63, 3.8) is 0 Å². The topological polar surface area (TPSA) is 62.7 Å². The Kier molecular flexibility index (Phi) is 3.35. The molecule has 2 N–H and O–H groups in total. The Morgan fingerprint density at radius 2 is 2.11 bits per heavy atom. The molecular weight excluding hydrogens is 229 g/mol. The predicted molar refractivity (Wildman–Crippen MR) is 66.9 cm³/mol. The van der Waals surface area contributed by atoms with Crippen molar-refractivity contribution in [1.82, 2.24) is 4.98 Å². The summed E-state index contributed by atoms with van der Waals surface area (Å²) in [6.07, 6.45) is 2.97. The summed E-state index contributed by atoms with van der Waals surface area (Å²) in [6, 6.07) is 8.15. The van der Waals surface area contributed by atoms with Crippen molar-refractivity contribution in [2.75, 3.05) is 0 Å². The fraction of sp³-hybridized carbons (Fsp3) is 0.143. The summed E-state index contributed by atoms with van der Waals surface area (Å²) in [5, 5.41) is 8.82. The average Bonchev–Trinajstić information content (AvgIpc) is 2.39. The fourth-order valence-electron chi connectivity index (χ4n) is 1.70. The maximum Gasteiger partial charge on any atom is 0.131 e. The number of pyridine rings is 1. The van der Waals surface area contributed by atoms with Gasteiger partial charge in [-0.1, -0.05) is 6.07 Å². The van der Waals surface area contributed by atoms with Gasteiger partial charge in [0, 0.05) is 29.6 Å². The van der Waals surface area contributed by atoms with Gasteiger partial charge in [0.15, 0.2) is 0 Å². The molecule has 18 heavy (non-hydrogen) atoms. The Balaban J connectivity index is 2.55. The Bertz CT molecular complexity index is 615. The summed E-state index contributed by atoms with van der Waals surface area (Å²) in [5.41, 5.74) is 8.01. The Morgan fingerprint density at radius 1 is 1.33 bits per heavy atom. The van der Waals surface area contributed by atoms with Crippen molar-refractivity contribution in [2.24, 2.45) is 5.73 Å². The quantitative estimate of drug-likeness (QED) is 0.879. The van der Waals surface area contributed by atoms with Gasteiger partial charge in [0.1, 0.15) is 11.9 Å². The van der Waals surface area contributed by atoms with E-state index in [1.807, 2.05) is 13.0 Å². The van der Waals surface area contributed by atoms with Crippen molar-refractivity contribution in [3.8, 4) is 17.2 Å². The number of nitriles is 1. The zero-order chi connectivity index (χ0) is 13.1. The molecule has 90 valence electrons. The molecule has 0 saturated carbocycles. The van der Waals surface area contributed by atoms with Crippen molar-refractivity contribution in [3.05, 3.63) is 53.6 Å². The van der Waals surface area contributed by atoms with Crippen LogP contribution in [-0.2, 0) is 0 Å². The van der Waals surface area contributed by atoms with Crippen molar-refractivity contribution < 1.29 is 4.39 Å². The van der Waals surface area contributed by atoms with Crippen LogP contribution < -0.4 is 5.73 Å². The summed E-state index contributed by atoms with van der Waals surface area (Å²) in [7, 11) is 0. The lowest BCUT2D eigenvalue weighted by molar-refractivity contribution is 0.629. The third-order valence-electron chi connectivity index (χ3n) is 2.69. The van der Waals surface area contributed by atoms with E-state index in [1.54, 1.807) is 18.2 Å². The van der Waals surface area contributed by atoms with E-state index in [0.717, 1.165) is 5.56 Å². The second-order valence-corrected chi connectivity index (χ2v) is 4.10. The maximum absolute atomic E-state index is 13.8. The first-order valence-electron chi connectivity index (χ1n) is 5.52. The molecule has 0 bridgehead atoms. The van der Waals surface area contributed by atoms with Crippen LogP contribution in [0, 0.1) is 17.1 Å². The fourth-order valence-corrected chi connectivity index (χ4v) is 1.70. The van der Waals surface area contributed by atoms with Crippen molar-refractivity contribution in [2.45, 2.75) is 13.0 Å². The van der Waals surface area contributed by atoms with Gasteiger partial charge in [0.25, 0.3) is 0 Å². The normalized spacial score (nSPS) is 11.9. The minimum Gasteiger partial charge on any atom is -0.324 e. The molecule has 1 unspecified atom stereocenters. The minimum atomic E-state index is -0.351. The average molecular weight is 241 g/mol. The Hall–Kier alpha value is -2.25. The molecule has 0 spiro atoms. The number of halogens is 1. The van der Waals surface area contributed by atoms with Crippen LogP contribution >= 0.6 is 0 Å². The van der Waals surface area contributed by atoms with Gasteiger partial charge in [-0.05, 0) is 30.7 Å². The van der Waals surface area contributed by atoms with Crippen LogP contribution in [0.15, 0.2) is 36.7 Å². The minimum absolute atomic E-state index is 0.170. The van der Waals surface area contributed by atoms with Crippen LogP contribution in [0.4, 0.5) is 4.39 Å². The highest BCUT2D eigenvalue weighted by Crippen LogP contribution is 2.25. The molecule has 0 radical (unpaired) electrons. The van der Waals surface area contributed by atoms with E-state index in [9.17, 15) is 4.39 Å². The van der Waals surface area contributed by atoms with E-state index >= 15 is 0 Å². The van der Waals surface area contributed by atoms with Gasteiger partial charge in [-0.2, -0.15) is 5.26 Å². The van der Waals surface area contributed by atoms with Gasteiger partial charge in [-0.15, -0.1) is 0 Å². The molecule has 0 aliphatic carbocycles. The number of nitrogens with zero attached hydrogens (tertiary/aromatic N) is 2. The molecule has 3 nitrogen and oxygen atoms in total. The lowest BCUT2D eigenvalue weighted by Gasteiger charge is -2.09. The van der Waals surface area contributed by atoms with E-state index in [-0.39, 0.29) is 11.9 Å². The van der Waals surface area contributed by atoms with Crippen LogP contribution in [-0.4, -0.2) is 4.98 Å². The van der Waals surface area contributed by atoms with Gasteiger partial charge in [-0.25, -0.2) is 4.39 Å². The number of hydrogen-bond donors (Lipinski definition) is 1. The Morgan fingerprint density at radius 3 is 2.78 bits per heavy atom. The molecule has 1 aromatic heterocycles. The number of nitrogens with two attached hydrogens (primary N) is 1. The molecule has 2 rings (SSSR count). The van der Waals surface area contributed by atoms with Gasteiger partial charge in [0.05, 0.1) is 5.56 Å². The third kappa shape index (κ3) is 2.36. The second kappa shape index (κ2) is 4.94. The molecule has 1 atom stereocenters. The van der Waals surface area contributed by atoms with Crippen LogP contribution in [0.25, 0.3) is 11.1 Å². The molecule has 0 amide bonds. The number of rotatable bonds is 2. The van der Waals surface area contributed by atoms with E-state index in [0.29, 0.717) is 16.7 Å². The summed E-state index contributed by atoms with van der Waals surface area (Å²) >= 11 is 0. The molecule has 0 aliphatic rings. The maximum atomic E-state index is 13.8. The van der Waals surface area contributed by atoms with Crippen LogP contribution in [0.3, 0.4) is 0 Å². The molecule has 1 aromatic carbocycles. The van der Waals surface area contributed by atoms with Gasteiger partial charge in [-0.3, -0.25) is 4.98 Å². The van der Waals surface area contributed by atoms with Crippen molar-refractivity contribution >= 4 is 0 Å². The van der Waals surface area contributed by atoms with Crippen LogP contribution in [0.5, 0.6) is 0 Å². The second-order valence-electron chi connectivity index (χ2n) is 4.10. The van der Waals surface area contributed by atoms with Gasteiger partial charge >= 0.3 is 0 Å². The highest BCUT2D eigenvalue weighted by atomic mass is 19.1. The van der Waals surface area contributed by atoms with E-state index in [2.05, 4.69) is 4.98 Å². The molecular formula is C14H12FN3. The predicted octanol–water partition coefficient (Wildman–Crippen LogP) is 2.78. The SMILES string of the molecule is CC(N)c1ccc(F)c(-c2cncc(C#N)c2)c1. The highest BCUT2D eigenvalue weighted by molar-refractivity contribution is 5.65. The molecule has 0 aliphatic heterocycles. The first kappa shape index (κ1) is 12.2. The Labute approximate surface area is 105 Å². The summed E-state index contributed by atoms with van der Waals surface area (Å²) in [6.45, 7) is 1.83. The lowest BCUT2D eigenvalue weighted by Crippen LogP contribution is -2.05. The highest BCUT2D eigenvalue weighted by Gasteiger charge is 2.09. The molecule has 2 aromatic rings. The van der Waals surface area contributed by atoms with E-state index < -0.39 is 0 Å². The van der Waals surface area contributed by atoms with Crippen LogP contribution in [0.2, 0.25) is 0 Å².